The summed E-state index contributed by atoms with van der Waals surface area (Å²) in [5.74, 6) is -2.00. The van der Waals surface area contributed by atoms with Crippen molar-refractivity contribution in [3.8, 4) is 0 Å². The minimum atomic E-state index is -1.04. The van der Waals surface area contributed by atoms with Crippen molar-refractivity contribution in [2.45, 2.75) is 0 Å². The minimum Gasteiger partial charge on any atom is -0.464 e. The third kappa shape index (κ3) is 2.05. The van der Waals surface area contributed by atoms with Gasteiger partial charge in [0.2, 0.25) is 5.28 Å². The third-order valence-electron chi connectivity index (χ3n) is 1.16. The Morgan fingerprint density at radius 1 is 1.46 bits per heavy atom. The highest BCUT2D eigenvalue weighted by atomic mass is 35.5. The van der Waals surface area contributed by atoms with Crippen LogP contribution in [0.1, 0.15) is 10.5 Å². The number of carbonyl (C=O) groups excluding carboxylic acids is 1. The molecule has 0 spiro atoms. The molecule has 0 bridgehead atoms. The average Bonchev–Trinajstić information content (AvgIpc) is 2.10. The van der Waals surface area contributed by atoms with Crippen molar-refractivity contribution in [1.82, 2.24) is 9.97 Å². The van der Waals surface area contributed by atoms with Crippen LogP contribution >= 0.6 is 23.2 Å². The second kappa shape index (κ2) is 3.85. The lowest BCUT2D eigenvalue weighted by Gasteiger charge is -2.00. The first-order valence-electron chi connectivity index (χ1n) is 3.03. The second-order valence-corrected chi connectivity index (χ2v) is 2.63. The summed E-state index contributed by atoms with van der Waals surface area (Å²) in [5, 5.41) is -0.827. The summed E-state index contributed by atoms with van der Waals surface area (Å²) in [7, 11) is 1.09. The van der Waals surface area contributed by atoms with E-state index in [0.717, 1.165) is 7.11 Å². The van der Waals surface area contributed by atoms with Gasteiger partial charge in [-0.25, -0.2) is 19.2 Å². The van der Waals surface area contributed by atoms with Crippen LogP contribution in [0.5, 0.6) is 0 Å². The number of carbonyl (C=O) groups is 1. The van der Waals surface area contributed by atoms with Crippen LogP contribution in [0.2, 0.25) is 10.4 Å². The first-order valence-corrected chi connectivity index (χ1v) is 3.78. The molecule has 1 aromatic rings. The van der Waals surface area contributed by atoms with E-state index in [-0.39, 0.29) is 5.28 Å². The van der Waals surface area contributed by atoms with Crippen LogP contribution in [0.4, 0.5) is 4.39 Å². The van der Waals surface area contributed by atoms with Crippen LogP contribution < -0.4 is 0 Å². The van der Waals surface area contributed by atoms with Gasteiger partial charge < -0.3 is 4.74 Å². The van der Waals surface area contributed by atoms with Gasteiger partial charge in [0.05, 0.1) is 7.11 Å². The SMILES string of the molecule is COC(=O)c1nc(Cl)nc(Cl)c1F. The highest BCUT2D eigenvalue weighted by Crippen LogP contribution is 2.17. The van der Waals surface area contributed by atoms with E-state index < -0.39 is 22.6 Å². The molecule has 1 heterocycles. The Bertz CT molecular complexity index is 359. The number of nitrogens with zero attached hydrogens (tertiary/aromatic N) is 2. The van der Waals surface area contributed by atoms with E-state index in [2.05, 4.69) is 14.7 Å². The standard InChI is InChI=1S/C6H3Cl2FN2O2/c1-13-5(12)3-2(9)4(7)11-6(8)10-3/h1H3. The van der Waals surface area contributed by atoms with Gasteiger partial charge in [-0.05, 0) is 11.6 Å². The molecule has 0 aliphatic carbocycles. The largest absolute Gasteiger partial charge is 0.464 e. The number of ether oxygens (including phenoxy) is 1. The topological polar surface area (TPSA) is 52.1 Å². The molecule has 0 saturated heterocycles. The number of rotatable bonds is 1. The zero-order valence-corrected chi connectivity index (χ0v) is 7.86. The zero-order valence-electron chi connectivity index (χ0n) is 6.34. The number of methoxy groups -OCH3 is 1. The molecular formula is C6H3Cl2FN2O2. The first kappa shape index (κ1) is 10.1. The Balaban J connectivity index is 3.28. The molecule has 0 aliphatic rings. The second-order valence-electron chi connectivity index (χ2n) is 1.94. The lowest BCUT2D eigenvalue weighted by Crippen LogP contribution is -2.09. The molecule has 1 rings (SSSR count). The fraction of sp³-hybridized carbons (Fsp3) is 0.167. The van der Waals surface area contributed by atoms with Gasteiger partial charge in [0, 0.05) is 0 Å². The molecule has 0 aromatic carbocycles. The van der Waals surface area contributed by atoms with Crippen molar-refractivity contribution in [3.05, 3.63) is 21.9 Å². The Hall–Kier alpha value is -0.940. The van der Waals surface area contributed by atoms with E-state index >= 15 is 0 Å². The highest BCUT2D eigenvalue weighted by Gasteiger charge is 2.19. The molecule has 0 unspecified atom stereocenters. The summed E-state index contributed by atoms with van der Waals surface area (Å²) in [6.45, 7) is 0. The van der Waals surface area contributed by atoms with Crippen molar-refractivity contribution in [1.29, 1.82) is 0 Å². The molecule has 0 amide bonds. The molecule has 7 heteroatoms. The van der Waals surface area contributed by atoms with E-state index in [0.29, 0.717) is 0 Å². The van der Waals surface area contributed by atoms with Gasteiger partial charge in [-0.2, -0.15) is 0 Å². The van der Waals surface area contributed by atoms with Gasteiger partial charge in [0.15, 0.2) is 16.7 Å². The van der Waals surface area contributed by atoms with E-state index in [9.17, 15) is 9.18 Å². The molecule has 0 saturated carbocycles. The Labute approximate surface area is 82.6 Å². The minimum absolute atomic E-state index is 0.313. The van der Waals surface area contributed by atoms with Crippen molar-refractivity contribution in [2.24, 2.45) is 0 Å². The molecule has 0 aliphatic heterocycles. The Morgan fingerprint density at radius 3 is 2.62 bits per heavy atom. The molecule has 4 nitrogen and oxygen atoms in total. The maximum absolute atomic E-state index is 13.0. The van der Waals surface area contributed by atoms with Gasteiger partial charge in [0.1, 0.15) is 0 Å². The van der Waals surface area contributed by atoms with Crippen LogP contribution in [-0.4, -0.2) is 23.0 Å². The van der Waals surface area contributed by atoms with Gasteiger partial charge in [-0.3, -0.25) is 0 Å². The number of halogens is 3. The van der Waals surface area contributed by atoms with E-state index in [1.807, 2.05) is 0 Å². The van der Waals surface area contributed by atoms with Gasteiger partial charge in [0.25, 0.3) is 0 Å². The molecule has 0 atom stereocenters. The van der Waals surface area contributed by atoms with E-state index in [1.54, 1.807) is 0 Å². The van der Waals surface area contributed by atoms with Gasteiger partial charge in [-0.1, -0.05) is 11.6 Å². The molecular weight excluding hydrogens is 222 g/mol. The molecule has 0 N–H and O–H groups in total. The molecule has 0 radical (unpaired) electrons. The molecule has 13 heavy (non-hydrogen) atoms. The Morgan fingerprint density at radius 2 is 2.08 bits per heavy atom. The highest BCUT2D eigenvalue weighted by molar-refractivity contribution is 6.32. The number of aromatic nitrogens is 2. The van der Waals surface area contributed by atoms with Crippen molar-refractivity contribution < 1.29 is 13.9 Å². The maximum atomic E-state index is 13.0. The predicted molar refractivity (Wildman–Crippen MR) is 43.3 cm³/mol. The summed E-state index contributed by atoms with van der Waals surface area (Å²) in [6.07, 6.45) is 0. The Kier molecular flexibility index (Phi) is 3.00. The van der Waals surface area contributed by atoms with E-state index in [1.165, 1.54) is 0 Å². The fourth-order valence-corrected chi connectivity index (χ4v) is 1.01. The fourth-order valence-electron chi connectivity index (χ4n) is 0.626. The monoisotopic (exact) mass is 224 g/mol. The van der Waals surface area contributed by atoms with Crippen LogP contribution in [0.25, 0.3) is 0 Å². The number of hydrogen-bond acceptors (Lipinski definition) is 4. The number of hydrogen-bond donors (Lipinski definition) is 0. The average molecular weight is 225 g/mol. The van der Waals surface area contributed by atoms with Crippen LogP contribution in [0, 0.1) is 5.82 Å². The first-order chi connectivity index (χ1) is 6.06. The van der Waals surface area contributed by atoms with Crippen molar-refractivity contribution >= 4 is 29.2 Å². The van der Waals surface area contributed by atoms with Gasteiger partial charge in [-0.15, -0.1) is 0 Å². The van der Waals surface area contributed by atoms with Crippen LogP contribution in [-0.2, 0) is 4.74 Å². The summed E-state index contributed by atoms with van der Waals surface area (Å²) in [6, 6.07) is 0. The maximum Gasteiger partial charge on any atom is 0.359 e. The zero-order chi connectivity index (χ0) is 10.0. The lowest BCUT2D eigenvalue weighted by atomic mass is 10.4. The van der Waals surface area contributed by atoms with Gasteiger partial charge >= 0.3 is 5.97 Å². The smallest absolute Gasteiger partial charge is 0.359 e. The van der Waals surface area contributed by atoms with Crippen molar-refractivity contribution in [2.75, 3.05) is 7.11 Å². The number of esters is 1. The van der Waals surface area contributed by atoms with Crippen molar-refractivity contribution in [3.63, 3.8) is 0 Å². The van der Waals surface area contributed by atoms with Crippen LogP contribution in [0.15, 0.2) is 0 Å². The third-order valence-corrected chi connectivity index (χ3v) is 1.58. The summed E-state index contributed by atoms with van der Waals surface area (Å²) < 4.78 is 17.2. The molecule has 0 fully saturated rings. The lowest BCUT2D eigenvalue weighted by molar-refractivity contribution is 0.0588. The molecule has 1 aromatic heterocycles. The quantitative estimate of drug-likeness (QED) is 0.414. The summed E-state index contributed by atoms with van der Waals surface area (Å²) >= 11 is 10.6. The normalized spacial score (nSPS) is 9.85. The van der Waals surface area contributed by atoms with Crippen LogP contribution in [0.3, 0.4) is 0 Å². The summed E-state index contributed by atoms with van der Waals surface area (Å²) in [4.78, 5) is 17.5. The summed E-state index contributed by atoms with van der Waals surface area (Å²) in [5.41, 5.74) is -0.576. The molecule has 70 valence electrons. The predicted octanol–water partition coefficient (Wildman–Crippen LogP) is 1.71. The van der Waals surface area contributed by atoms with E-state index in [4.69, 9.17) is 23.2 Å².